The first-order valence-corrected chi connectivity index (χ1v) is 7.76. The van der Waals surface area contributed by atoms with E-state index >= 15 is 0 Å². The molecule has 1 saturated heterocycles. The summed E-state index contributed by atoms with van der Waals surface area (Å²) in [6.07, 6.45) is 0.671. The van der Waals surface area contributed by atoms with Crippen LogP contribution in [0.1, 0.15) is 27.2 Å². The van der Waals surface area contributed by atoms with Crippen LogP contribution in [0.2, 0.25) is 0 Å². The first kappa shape index (κ1) is 13.9. The van der Waals surface area contributed by atoms with E-state index in [-0.39, 0.29) is 17.4 Å². The summed E-state index contributed by atoms with van der Waals surface area (Å²) in [5.74, 6) is 0.756. The third-order valence-electron chi connectivity index (χ3n) is 3.44. The SMILES string of the molecule is CCS(=O)(=O)CCCN1CC(O)(C(C)C)C1. The Balaban J connectivity index is 2.20. The molecule has 0 aromatic carbocycles. The van der Waals surface area contributed by atoms with Crippen molar-refractivity contribution in [2.75, 3.05) is 31.1 Å². The Labute approximate surface area is 98.6 Å². The van der Waals surface area contributed by atoms with Gasteiger partial charge < -0.3 is 5.11 Å². The lowest BCUT2D eigenvalue weighted by Gasteiger charge is -2.49. The Morgan fingerprint density at radius 3 is 2.38 bits per heavy atom. The predicted octanol–water partition coefficient (Wildman–Crippen LogP) is 0.514. The maximum Gasteiger partial charge on any atom is 0.150 e. The summed E-state index contributed by atoms with van der Waals surface area (Å²) < 4.78 is 22.5. The third-order valence-corrected chi connectivity index (χ3v) is 5.23. The molecule has 5 heteroatoms. The van der Waals surface area contributed by atoms with Gasteiger partial charge in [-0.2, -0.15) is 0 Å². The molecule has 0 spiro atoms. The van der Waals surface area contributed by atoms with E-state index in [0.29, 0.717) is 19.5 Å². The number of nitrogens with zero attached hydrogens (tertiary/aromatic N) is 1. The van der Waals surface area contributed by atoms with Gasteiger partial charge in [0.2, 0.25) is 0 Å². The highest BCUT2D eigenvalue weighted by Gasteiger charge is 2.42. The highest BCUT2D eigenvalue weighted by molar-refractivity contribution is 7.91. The number of rotatable bonds is 6. The van der Waals surface area contributed by atoms with Crippen LogP contribution in [0.25, 0.3) is 0 Å². The van der Waals surface area contributed by atoms with E-state index in [1.54, 1.807) is 6.92 Å². The quantitative estimate of drug-likeness (QED) is 0.745. The zero-order chi connectivity index (χ0) is 12.4. The van der Waals surface area contributed by atoms with Gasteiger partial charge in [-0.25, -0.2) is 8.42 Å². The summed E-state index contributed by atoms with van der Waals surface area (Å²) in [6, 6.07) is 0. The molecule has 1 N–H and O–H groups in total. The first-order valence-electron chi connectivity index (χ1n) is 5.94. The number of hydrogen-bond donors (Lipinski definition) is 1. The monoisotopic (exact) mass is 249 g/mol. The smallest absolute Gasteiger partial charge is 0.150 e. The van der Waals surface area contributed by atoms with Gasteiger partial charge in [0.25, 0.3) is 0 Å². The summed E-state index contributed by atoms with van der Waals surface area (Å²) in [6.45, 7) is 7.83. The molecule has 1 aliphatic heterocycles. The molecule has 0 atom stereocenters. The maximum atomic E-state index is 11.3. The molecule has 16 heavy (non-hydrogen) atoms. The summed E-state index contributed by atoms with van der Waals surface area (Å²) in [7, 11) is -2.83. The zero-order valence-electron chi connectivity index (χ0n) is 10.4. The van der Waals surface area contributed by atoms with Crippen LogP contribution in [-0.2, 0) is 9.84 Å². The van der Waals surface area contributed by atoms with Crippen LogP contribution >= 0.6 is 0 Å². The van der Waals surface area contributed by atoms with Crippen molar-refractivity contribution in [3.05, 3.63) is 0 Å². The van der Waals surface area contributed by atoms with Crippen LogP contribution in [0.15, 0.2) is 0 Å². The highest BCUT2D eigenvalue weighted by atomic mass is 32.2. The second-order valence-corrected chi connectivity index (χ2v) is 7.53. The van der Waals surface area contributed by atoms with Gasteiger partial charge in [0.1, 0.15) is 9.84 Å². The van der Waals surface area contributed by atoms with E-state index in [4.69, 9.17) is 0 Å². The Kier molecular flexibility index (Phi) is 4.37. The normalized spacial score (nSPS) is 21.1. The zero-order valence-corrected chi connectivity index (χ0v) is 11.3. The molecule has 0 aromatic heterocycles. The van der Waals surface area contributed by atoms with Crippen molar-refractivity contribution in [3.8, 4) is 0 Å². The lowest BCUT2D eigenvalue weighted by Crippen LogP contribution is -2.64. The Morgan fingerprint density at radius 1 is 1.38 bits per heavy atom. The predicted molar refractivity (Wildman–Crippen MR) is 65.2 cm³/mol. The molecule has 4 nitrogen and oxygen atoms in total. The molecule has 0 aromatic rings. The molecule has 0 amide bonds. The maximum absolute atomic E-state index is 11.3. The number of β-amino-alcohol motifs (C(OH)–C–C–N with tert-alkyl or cyclic N) is 1. The van der Waals surface area contributed by atoms with Gasteiger partial charge >= 0.3 is 0 Å². The van der Waals surface area contributed by atoms with E-state index in [2.05, 4.69) is 4.90 Å². The highest BCUT2D eigenvalue weighted by Crippen LogP contribution is 2.28. The minimum absolute atomic E-state index is 0.225. The topological polar surface area (TPSA) is 57.6 Å². The van der Waals surface area contributed by atoms with Crippen LogP contribution in [-0.4, -0.2) is 55.2 Å². The summed E-state index contributed by atoms with van der Waals surface area (Å²) in [5, 5.41) is 10.0. The number of aliphatic hydroxyl groups is 1. The van der Waals surface area contributed by atoms with E-state index in [0.717, 1.165) is 6.54 Å². The molecule has 0 bridgehead atoms. The largest absolute Gasteiger partial charge is 0.387 e. The Bertz CT molecular complexity index is 318. The van der Waals surface area contributed by atoms with Gasteiger partial charge in [0.15, 0.2) is 0 Å². The van der Waals surface area contributed by atoms with Gasteiger partial charge in [-0.15, -0.1) is 0 Å². The second kappa shape index (κ2) is 5.02. The van der Waals surface area contributed by atoms with Gasteiger partial charge in [-0.3, -0.25) is 4.90 Å². The average molecular weight is 249 g/mol. The van der Waals surface area contributed by atoms with Crippen molar-refractivity contribution in [2.24, 2.45) is 5.92 Å². The lowest BCUT2D eigenvalue weighted by molar-refractivity contribution is -0.127. The van der Waals surface area contributed by atoms with Crippen LogP contribution in [0.3, 0.4) is 0 Å². The molecule has 0 unspecified atom stereocenters. The van der Waals surface area contributed by atoms with Crippen molar-refractivity contribution < 1.29 is 13.5 Å². The molecular formula is C11H23NO3S. The molecule has 1 aliphatic rings. The fourth-order valence-corrected chi connectivity index (χ4v) is 2.76. The first-order chi connectivity index (χ1) is 7.29. The molecular weight excluding hydrogens is 226 g/mol. The van der Waals surface area contributed by atoms with Crippen molar-refractivity contribution in [3.63, 3.8) is 0 Å². The molecule has 1 rings (SSSR count). The van der Waals surface area contributed by atoms with Crippen LogP contribution in [0.5, 0.6) is 0 Å². The van der Waals surface area contributed by atoms with Crippen molar-refractivity contribution in [1.82, 2.24) is 4.90 Å². The molecule has 0 saturated carbocycles. The fourth-order valence-electron chi connectivity index (χ4n) is 1.90. The van der Waals surface area contributed by atoms with E-state index in [9.17, 15) is 13.5 Å². The number of hydrogen-bond acceptors (Lipinski definition) is 4. The van der Waals surface area contributed by atoms with E-state index in [1.165, 1.54) is 0 Å². The fraction of sp³-hybridized carbons (Fsp3) is 1.00. The molecule has 0 aliphatic carbocycles. The van der Waals surface area contributed by atoms with Gasteiger partial charge in [-0.1, -0.05) is 20.8 Å². The standard InChI is InChI=1S/C11H23NO3S/c1-4-16(14,15)7-5-6-12-8-11(13,9-12)10(2)3/h10,13H,4-9H2,1-3H3. The second-order valence-electron chi connectivity index (χ2n) is 5.06. The van der Waals surface area contributed by atoms with Gasteiger partial charge in [0, 0.05) is 18.8 Å². The Morgan fingerprint density at radius 2 is 1.94 bits per heavy atom. The Hall–Kier alpha value is -0.130. The summed E-state index contributed by atoms with van der Waals surface area (Å²) in [5.41, 5.74) is -0.552. The third kappa shape index (κ3) is 3.43. The van der Waals surface area contributed by atoms with Crippen LogP contribution in [0, 0.1) is 5.92 Å². The van der Waals surface area contributed by atoms with Gasteiger partial charge in [-0.05, 0) is 18.9 Å². The average Bonchev–Trinajstić information content (AvgIpc) is 2.14. The molecule has 96 valence electrons. The van der Waals surface area contributed by atoms with Crippen molar-refractivity contribution in [2.45, 2.75) is 32.8 Å². The minimum atomic E-state index is -2.83. The van der Waals surface area contributed by atoms with Crippen molar-refractivity contribution in [1.29, 1.82) is 0 Å². The van der Waals surface area contributed by atoms with Crippen LogP contribution < -0.4 is 0 Å². The van der Waals surface area contributed by atoms with Crippen molar-refractivity contribution >= 4 is 9.84 Å². The summed E-state index contributed by atoms with van der Waals surface area (Å²) in [4.78, 5) is 2.12. The number of likely N-dealkylation sites (tertiary alicyclic amines) is 1. The van der Waals surface area contributed by atoms with Crippen LogP contribution in [0.4, 0.5) is 0 Å². The molecule has 0 radical (unpaired) electrons. The van der Waals surface area contributed by atoms with E-state index < -0.39 is 15.4 Å². The number of sulfone groups is 1. The molecule has 1 fully saturated rings. The molecule has 1 heterocycles. The minimum Gasteiger partial charge on any atom is -0.387 e. The lowest BCUT2D eigenvalue weighted by atomic mass is 9.83. The van der Waals surface area contributed by atoms with E-state index in [1.807, 2.05) is 13.8 Å². The van der Waals surface area contributed by atoms with Gasteiger partial charge in [0.05, 0.1) is 11.4 Å². The summed E-state index contributed by atoms with van der Waals surface area (Å²) >= 11 is 0.